The Morgan fingerprint density at radius 1 is 1.18 bits per heavy atom. The van der Waals surface area contributed by atoms with Crippen LogP contribution in [-0.2, 0) is 11.0 Å². The van der Waals surface area contributed by atoms with Gasteiger partial charge < -0.3 is 5.73 Å². The molecule has 28 heavy (non-hydrogen) atoms. The summed E-state index contributed by atoms with van der Waals surface area (Å²) in [5.74, 6) is -0.569. The Hall–Kier alpha value is -2.91. The lowest BCUT2D eigenvalue weighted by Gasteiger charge is -2.08. The minimum Gasteiger partial charge on any atom is -0.404 e. The average molecular weight is 423 g/mol. The number of anilines is 1. The van der Waals surface area contributed by atoms with Gasteiger partial charge in [0, 0.05) is 16.8 Å². The minimum absolute atomic E-state index is 0.00314. The molecule has 1 aliphatic rings. The third-order valence-electron chi connectivity index (χ3n) is 4.03. The van der Waals surface area contributed by atoms with E-state index in [2.05, 4.69) is 10.1 Å². The summed E-state index contributed by atoms with van der Waals surface area (Å²) in [6.45, 7) is 0. The predicted molar refractivity (Wildman–Crippen MR) is 102 cm³/mol. The number of nitrogens with zero attached hydrogens (tertiary/aromatic N) is 3. The summed E-state index contributed by atoms with van der Waals surface area (Å²) in [6, 6.07) is 9.64. The summed E-state index contributed by atoms with van der Waals surface area (Å²) in [5.41, 5.74) is 5.52. The van der Waals surface area contributed by atoms with Crippen LogP contribution >= 0.6 is 22.9 Å². The Labute approximate surface area is 165 Å². The van der Waals surface area contributed by atoms with Gasteiger partial charge in [0.2, 0.25) is 5.13 Å². The van der Waals surface area contributed by atoms with E-state index < -0.39 is 17.6 Å². The second kappa shape index (κ2) is 6.61. The molecule has 2 aromatic carbocycles. The number of hydrogen-bond acceptors (Lipinski definition) is 5. The van der Waals surface area contributed by atoms with E-state index in [-0.39, 0.29) is 22.0 Å². The van der Waals surface area contributed by atoms with Crippen LogP contribution in [-0.4, -0.2) is 16.6 Å². The molecular formula is C18H10ClF3N4OS. The van der Waals surface area contributed by atoms with Crippen LogP contribution in [0.4, 0.5) is 18.3 Å². The largest absolute Gasteiger partial charge is 0.416 e. The number of carbonyl (C=O) groups is 1. The van der Waals surface area contributed by atoms with Gasteiger partial charge in [-0.25, -0.2) is 4.98 Å². The van der Waals surface area contributed by atoms with Crippen molar-refractivity contribution in [1.29, 1.82) is 0 Å². The third kappa shape index (κ3) is 3.12. The zero-order valence-corrected chi connectivity index (χ0v) is 15.4. The van der Waals surface area contributed by atoms with Gasteiger partial charge in [0.25, 0.3) is 5.91 Å². The first-order valence-electron chi connectivity index (χ1n) is 7.87. The highest BCUT2D eigenvalue weighted by Crippen LogP contribution is 2.35. The molecule has 0 spiro atoms. The van der Waals surface area contributed by atoms with Gasteiger partial charge >= 0.3 is 6.18 Å². The summed E-state index contributed by atoms with van der Waals surface area (Å²) < 4.78 is 39.8. The Morgan fingerprint density at radius 3 is 2.68 bits per heavy atom. The van der Waals surface area contributed by atoms with Gasteiger partial charge in [-0.2, -0.15) is 23.3 Å². The number of benzene rings is 2. The second-order valence-corrected chi connectivity index (χ2v) is 7.28. The molecule has 2 heterocycles. The van der Waals surface area contributed by atoms with Crippen molar-refractivity contribution in [2.75, 3.05) is 5.01 Å². The number of thiazole rings is 1. The molecule has 0 saturated heterocycles. The minimum atomic E-state index is -4.52. The Kier molecular flexibility index (Phi) is 4.35. The van der Waals surface area contributed by atoms with Crippen molar-refractivity contribution < 1.29 is 18.0 Å². The van der Waals surface area contributed by atoms with E-state index in [9.17, 15) is 18.0 Å². The number of rotatable bonds is 2. The van der Waals surface area contributed by atoms with Crippen molar-refractivity contribution in [1.82, 2.24) is 4.98 Å². The van der Waals surface area contributed by atoms with Crippen LogP contribution in [0, 0.1) is 0 Å². The molecule has 0 aliphatic carbocycles. The standard InChI is InChI=1S/C18H10ClF3N4OS/c19-11-4-5-13-14(7-11)28-17(24-13)26-16(27)12(8-23)15(25-26)9-2-1-3-10(6-9)18(20,21)22/h1-8H,23H2/b12-8+. The van der Waals surface area contributed by atoms with Gasteiger partial charge in [0.1, 0.15) is 5.71 Å². The zero-order chi connectivity index (χ0) is 20.1. The molecule has 142 valence electrons. The van der Waals surface area contributed by atoms with Gasteiger partial charge in [0.05, 0.1) is 21.4 Å². The molecule has 1 aromatic heterocycles. The fraction of sp³-hybridized carbons (Fsp3) is 0.0556. The molecule has 0 bridgehead atoms. The maximum Gasteiger partial charge on any atom is 0.416 e. The number of aromatic nitrogens is 1. The van der Waals surface area contributed by atoms with E-state index in [0.717, 1.165) is 28.0 Å². The number of amides is 1. The molecule has 4 rings (SSSR count). The van der Waals surface area contributed by atoms with Crippen LogP contribution in [0.1, 0.15) is 11.1 Å². The number of hydrogen-bond donors (Lipinski definition) is 1. The molecule has 1 amide bonds. The molecular weight excluding hydrogens is 413 g/mol. The summed E-state index contributed by atoms with van der Waals surface area (Å²) in [7, 11) is 0. The van der Waals surface area contributed by atoms with E-state index in [0.29, 0.717) is 10.5 Å². The molecule has 0 unspecified atom stereocenters. The molecule has 5 nitrogen and oxygen atoms in total. The predicted octanol–water partition coefficient (Wildman–Crippen LogP) is 4.56. The van der Waals surface area contributed by atoms with Gasteiger partial charge in [-0.15, -0.1) is 0 Å². The van der Waals surface area contributed by atoms with Crippen LogP contribution in [0.5, 0.6) is 0 Å². The first kappa shape index (κ1) is 18.5. The number of halogens is 4. The highest BCUT2D eigenvalue weighted by Gasteiger charge is 2.35. The molecule has 0 radical (unpaired) electrons. The lowest BCUT2D eigenvalue weighted by Crippen LogP contribution is -2.21. The number of alkyl halides is 3. The van der Waals surface area contributed by atoms with E-state index in [1.807, 2.05) is 0 Å². The highest BCUT2D eigenvalue weighted by atomic mass is 35.5. The van der Waals surface area contributed by atoms with Crippen LogP contribution in [0.2, 0.25) is 5.02 Å². The summed E-state index contributed by atoms with van der Waals surface area (Å²) >= 11 is 7.15. The maximum absolute atomic E-state index is 13.0. The first-order chi connectivity index (χ1) is 13.3. The molecule has 2 N–H and O–H groups in total. The molecule has 3 aromatic rings. The summed E-state index contributed by atoms with van der Waals surface area (Å²) in [5, 5.41) is 6.02. The lowest BCUT2D eigenvalue weighted by atomic mass is 10.0. The maximum atomic E-state index is 13.0. The van der Waals surface area contributed by atoms with Gasteiger partial charge in [-0.05, 0) is 30.3 Å². The summed E-state index contributed by atoms with van der Waals surface area (Å²) in [4.78, 5) is 17.1. The van der Waals surface area contributed by atoms with Crippen molar-refractivity contribution in [3.63, 3.8) is 0 Å². The molecule has 1 aliphatic heterocycles. The number of nitrogens with two attached hydrogens (primary N) is 1. The fourth-order valence-electron chi connectivity index (χ4n) is 2.73. The molecule has 0 saturated carbocycles. The van der Waals surface area contributed by atoms with E-state index >= 15 is 0 Å². The molecule has 0 fully saturated rings. The van der Waals surface area contributed by atoms with E-state index in [1.54, 1.807) is 18.2 Å². The van der Waals surface area contributed by atoms with Crippen molar-refractivity contribution in [2.24, 2.45) is 10.8 Å². The van der Waals surface area contributed by atoms with E-state index in [4.69, 9.17) is 17.3 Å². The van der Waals surface area contributed by atoms with Gasteiger partial charge in [-0.3, -0.25) is 4.79 Å². The third-order valence-corrected chi connectivity index (χ3v) is 5.26. The van der Waals surface area contributed by atoms with Gasteiger partial charge in [0.15, 0.2) is 0 Å². The average Bonchev–Trinajstić information content (AvgIpc) is 3.21. The smallest absolute Gasteiger partial charge is 0.404 e. The quantitative estimate of drug-likeness (QED) is 0.615. The van der Waals surface area contributed by atoms with Crippen molar-refractivity contribution in [2.45, 2.75) is 6.18 Å². The normalized spacial score (nSPS) is 16.3. The first-order valence-corrected chi connectivity index (χ1v) is 9.06. The number of hydrazone groups is 1. The van der Waals surface area contributed by atoms with E-state index in [1.165, 1.54) is 23.5 Å². The number of carbonyl (C=O) groups excluding carboxylic acids is 1. The zero-order valence-electron chi connectivity index (χ0n) is 13.9. The Morgan fingerprint density at radius 2 is 1.96 bits per heavy atom. The summed E-state index contributed by atoms with van der Waals surface area (Å²) in [6.07, 6.45) is -3.48. The highest BCUT2D eigenvalue weighted by molar-refractivity contribution is 7.22. The molecule has 10 heteroatoms. The van der Waals surface area contributed by atoms with Crippen LogP contribution < -0.4 is 10.7 Å². The number of fused-ring (bicyclic) bond motifs is 1. The second-order valence-electron chi connectivity index (χ2n) is 5.83. The van der Waals surface area contributed by atoms with Gasteiger partial charge in [-0.1, -0.05) is 35.1 Å². The fourth-order valence-corrected chi connectivity index (χ4v) is 3.92. The Bertz CT molecular complexity index is 1170. The Balaban J connectivity index is 1.80. The SMILES string of the molecule is N/C=C1/C(=O)N(c2nc3ccc(Cl)cc3s2)N=C1c1cccc(C(F)(F)F)c1. The van der Waals surface area contributed by atoms with Crippen LogP contribution in [0.25, 0.3) is 10.2 Å². The van der Waals surface area contributed by atoms with Crippen LogP contribution in [0.3, 0.4) is 0 Å². The lowest BCUT2D eigenvalue weighted by molar-refractivity contribution is -0.137. The topological polar surface area (TPSA) is 71.6 Å². The monoisotopic (exact) mass is 422 g/mol. The van der Waals surface area contributed by atoms with Crippen molar-refractivity contribution >= 4 is 49.9 Å². The molecule has 0 atom stereocenters. The van der Waals surface area contributed by atoms with Crippen molar-refractivity contribution in [3.05, 3.63) is 70.4 Å². The van der Waals surface area contributed by atoms with Crippen molar-refractivity contribution in [3.8, 4) is 0 Å². The van der Waals surface area contributed by atoms with Crippen LogP contribution in [0.15, 0.2) is 59.3 Å².